The molecule has 0 atom stereocenters. The molecular formula is C21H24FN3O3. The number of nitrogens with one attached hydrogen (secondary N) is 1. The number of carbonyl (C=O) groups is 2. The van der Waals surface area contributed by atoms with Crippen LogP contribution >= 0.6 is 0 Å². The number of halogens is 1. The van der Waals surface area contributed by atoms with Gasteiger partial charge in [0.2, 0.25) is 11.8 Å². The van der Waals surface area contributed by atoms with E-state index in [1.54, 1.807) is 41.1 Å². The van der Waals surface area contributed by atoms with Gasteiger partial charge in [0.15, 0.2) is 11.6 Å². The molecule has 2 aromatic rings. The van der Waals surface area contributed by atoms with E-state index in [4.69, 9.17) is 4.74 Å². The van der Waals surface area contributed by atoms with E-state index < -0.39 is 5.82 Å². The lowest BCUT2D eigenvalue weighted by Gasteiger charge is -2.18. The Morgan fingerprint density at radius 1 is 1.25 bits per heavy atom. The van der Waals surface area contributed by atoms with E-state index in [0.717, 1.165) is 24.2 Å². The Hall–Kier alpha value is -2.93. The highest BCUT2D eigenvalue weighted by Crippen LogP contribution is 2.23. The number of benzene rings is 2. The zero-order valence-electron chi connectivity index (χ0n) is 16.1. The molecule has 0 saturated carbocycles. The fourth-order valence-corrected chi connectivity index (χ4v) is 3.27. The maximum atomic E-state index is 13.8. The number of carbonyl (C=O) groups excluding carboxylic acids is 2. The van der Waals surface area contributed by atoms with Gasteiger partial charge in [0.1, 0.15) is 0 Å². The van der Waals surface area contributed by atoms with Crippen LogP contribution in [-0.4, -0.2) is 44.0 Å². The average Bonchev–Trinajstić information content (AvgIpc) is 3.08. The number of anilines is 2. The van der Waals surface area contributed by atoms with E-state index in [0.29, 0.717) is 18.7 Å². The van der Waals surface area contributed by atoms with E-state index >= 15 is 0 Å². The molecule has 0 spiro atoms. The van der Waals surface area contributed by atoms with Crippen molar-refractivity contribution in [1.82, 2.24) is 4.90 Å². The summed E-state index contributed by atoms with van der Waals surface area (Å²) < 4.78 is 18.7. The smallest absolute Gasteiger partial charge is 0.238 e. The Morgan fingerprint density at radius 2 is 2.00 bits per heavy atom. The molecule has 28 heavy (non-hydrogen) atoms. The fraction of sp³-hybridized carbons (Fsp3) is 0.333. The van der Waals surface area contributed by atoms with Crippen LogP contribution in [0.25, 0.3) is 0 Å². The van der Waals surface area contributed by atoms with Crippen molar-refractivity contribution >= 4 is 23.2 Å². The molecule has 1 fully saturated rings. The number of likely N-dealkylation sites (N-methyl/N-ethyl adjacent to an activating group) is 1. The molecule has 0 aliphatic carbocycles. The summed E-state index contributed by atoms with van der Waals surface area (Å²) in [6.07, 6.45) is 1.46. The van der Waals surface area contributed by atoms with E-state index in [1.807, 2.05) is 12.1 Å². The van der Waals surface area contributed by atoms with Crippen molar-refractivity contribution in [1.29, 1.82) is 0 Å². The van der Waals surface area contributed by atoms with Crippen LogP contribution in [0.5, 0.6) is 5.75 Å². The molecule has 1 aliphatic rings. The summed E-state index contributed by atoms with van der Waals surface area (Å²) in [5.74, 6) is -0.257. The van der Waals surface area contributed by atoms with Crippen LogP contribution in [0.2, 0.25) is 0 Å². The molecule has 1 heterocycles. The van der Waals surface area contributed by atoms with E-state index in [-0.39, 0.29) is 24.1 Å². The first-order chi connectivity index (χ1) is 13.5. The first kappa shape index (κ1) is 19.8. The highest BCUT2D eigenvalue weighted by Gasteiger charge is 2.21. The van der Waals surface area contributed by atoms with Crippen molar-refractivity contribution in [2.24, 2.45) is 0 Å². The number of methoxy groups -OCH3 is 1. The van der Waals surface area contributed by atoms with Gasteiger partial charge < -0.3 is 15.0 Å². The Morgan fingerprint density at radius 3 is 2.61 bits per heavy atom. The van der Waals surface area contributed by atoms with Gasteiger partial charge in [-0.3, -0.25) is 14.5 Å². The number of amides is 2. The van der Waals surface area contributed by atoms with Crippen LogP contribution in [-0.2, 0) is 16.1 Å². The van der Waals surface area contributed by atoms with Crippen LogP contribution in [0.3, 0.4) is 0 Å². The van der Waals surface area contributed by atoms with E-state index in [2.05, 4.69) is 5.32 Å². The average molecular weight is 385 g/mol. The van der Waals surface area contributed by atoms with Crippen LogP contribution in [0, 0.1) is 5.82 Å². The molecule has 2 aromatic carbocycles. The molecule has 2 amide bonds. The zero-order valence-corrected chi connectivity index (χ0v) is 16.1. The quantitative estimate of drug-likeness (QED) is 0.796. The van der Waals surface area contributed by atoms with Crippen molar-refractivity contribution in [3.63, 3.8) is 0 Å². The Bertz CT molecular complexity index is 854. The maximum absolute atomic E-state index is 13.8. The molecule has 3 rings (SSSR count). The monoisotopic (exact) mass is 385 g/mol. The van der Waals surface area contributed by atoms with Crippen molar-refractivity contribution in [2.45, 2.75) is 19.4 Å². The minimum Gasteiger partial charge on any atom is -0.494 e. The molecule has 0 unspecified atom stereocenters. The van der Waals surface area contributed by atoms with Crippen LogP contribution in [0.4, 0.5) is 15.8 Å². The molecular weight excluding hydrogens is 361 g/mol. The normalized spacial score (nSPS) is 13.9. The third-order valence-electron chi connectivity index (χ3n) is 4.62. The van der Waals surface area contributed by atoms with Gasteiger partial charge in [0, 0.05) is 30.9 Å². The molecule has 148 valence electrons. The number of rotatable bonds is 7. The van der Waals surface area contributed by atoms with Crippen molar-refractivity contribution < 1.29 is 18.7 Å². The number of hydrogen-bond acceptors (Lipinski definition) is 4. The first-order valence-corrected chi connectivity index (χ1v) is 9.17. The molecule has 1 N–H and O–H groups in total. The molecule has 0 aromatic heterocycles. The predicted molar refractivity (Wildman–Crippen MR) is 106 cm³/mol. The topological polar surface area (TPSA) is 61.9 Å². The first-order valence-electron chi connectivity index (χ1n) is 9.17. The molecule has 1 aliphatic heterocycles. The van der Waals surface area contributed by atoms with Crippen molar-refractivity contribution in [3.8, 4) is 5.75 Å². The standard InChI is InChI=1S/C21H24FN3O3/c1-24(13-15-5-10-19(28-2)18(22)12-15)14-20(26)23-16-6-8-17(9-7-16)25-11-3-4-21(25)27/h5-10,12H,3-4,11,13-14H2,1-2H3,(H,23,26). The second-order valence-electron chi connectivity index (χ2n) is 6.89. The summed E-state index contributed by atoms with van der Waals surface area (Å²) in [5, 5.41) is 2.84. The Labute approximate surface area is 163 Å². The third kappa shape index (κ3) is 4.86. The van der Waals surface area contributed by atoms with Crippen molar-refractivity contribution in [3.05, 3.63) is 53.8 Å². The summed E-state index contributed by atoms with van der Waals surface area (Å²) in [5.41, 5.74) is 2.27. The summed E-state index contributed by atoms with van der Waals surface area (Å²) in [4.78, 5) is 27.6. The maximum Gasteiger partial charge on any atom is 0.238 e. The van der Waals surface area contributed by atoms with Gasteiger partial charge in [-0.15, -0.1) is 0 Å². The summed E-state index contributed by atoms with van der Waals surface area (Å²) in [7, 11) is 3.22. The van der Waals surface area contributed by atoms with Gasteiger partial charge in [0.25, 0.3) is 0 Å². The van der Waals surface area contributed by atoms with Crippen LogP contribution in [0.15, 0.2) is 42.5 Å². The highest BCUT2D eigenvalue weighted by atomic mass is 19.1. The lowest BCUT2D eigenvalue weighted by atomic mass is 10.2. The van der Waals surface area contributed by atoms with Gasteiger partial charge in [-0.1, -0.05) is 6.07 Å². The van der Waals surface area contributed by atoms with E-state index in [9.17, 15) is 14.0 Å². The van der Waals surface area contributed by atoms with Gasteiger partial charge in [-0.2, -0.15) is 0 Å². The summed E-state index contributed by atoms with van der Waals surface area (Å²) >= 11 is 0. The summed E-state index contributed by atoms with van der Waals surface area (Å²) in [6.45, 7) is 1.34. The predicted octanol–water partition coefficient (Wildman–Crippen LogP) is 3.03. The minimum atomic E-state index is -0.422. The SMILES string of the molecule is COc1ccc(CN(C)CC(=O)Nc2ccc(N3CCCC3=O)cc2)cc1F. The Balaban J connectivity index is 1.52. The minimum absolute atomic E-state index is 0.133. The van der Waals surface area contributed by atoms with Crippen molar-refractivity contribution in [2.75, 3.05) is 37.5 Å². The second kappa shape index (κ2) is 8.84. The second-order valence-corrected chi connectivity index (χ2v) is 6.89. The van der Waals surface area contributed by atoms with Gasteiger partial charge in [0.05, 0.1) is 13.7 Å². The number of nitrogens with zero attached hydrogens (tertiary/aromatic N) is 2. The highest BCUT2D eigenvalue weighted by molar-refractivity contribution is 5.96. The largest absolute Gasteiger partial charge is 0.494 e. The van der Waals surface area contributed by atoms with Gasteiger partial charge in [-0.05, 0) is 55.4 Å². The lowest BCUT2D eigenvalue weighted by molar-refractivity contribution is -0.117. The van der Waals surface area contributed by atoms with Crippen LogP contribution in [0.1, 0.15) is 18.4 Å². The zero-order chi connectivity index (χ0) is 20.1. The molecule has 0 bridgehead atoms. The molecule has 1 saturated heterocycles. The molecule has 7 heteroatoms. The van der Waals surface area contributed by atoms with E-state index in [1.165, 1.54) is 13.2 Å². The molecule has 0 radical (unpaired) electrons. The number of ether oxygens (including phenoxy) is 1. The number of hydrogen-bond donors (Lipinski definition) is 1. The molecule has 6 nitrogen and oxygen atoms in total. The third-order valence-corrected chi connectivity index (χ3v) is 4.62. The lowest BCUT2D eigenvalue weighted by Crippen LogP contribution is -2.30. The van der Waals surface area contributed by atoms with Gasteiger partial charge in [-0.25, -0.2) is 4.39 Å². The fourth-order valence-electron chi connectivity index (χ4n) is 3.27. The summed E-state index contributed by atoms with van der Waals surface area (Å²) in [6, 6.07) is 12.0. The van der Waals surface area contributed by atoms with Gasteiger partial charge >= 0.3 is 0 Å². The Kier molecular flexibility index (Phi) is 6.26. The van der Waals surface area contributed by atoms with Crippen LogP contribution < -0.4 is 15.0 Å².